The van der Waals surface area contributed by atoms with Crippen molar-refractivity contribution in [3.8, 4) is 11.5 Å². The van der Waals surface area contributed by atoms with Crippen LogP contribution in [0.15, 0.2) is 36.5 Å². The number of hydrogen-bond donors (Lipinski definition) is 4. The van der Waals surface area contributed by atoms with Gasteiger partial charge in [-0.15, -0.1) is 0 Å². The molecule has 0 unspecified atom stereocenters. The van der Waals surface area contributed by atoms with Crippen molar-refractivity contribution >= 4 is 27.4 Å². The minimum atomic E-state index is -3.55. The van der Waals surface area contributed by atoms with E-state index in [4.69, 9.17) is 0 Å². The fourth-order valence-electron chi connectivity index (χ4n) is 2.03. The van der Waals surface area contributed by atoms with E-state index in [9.17, 15) is 23.4 Å². The number of aromatic hydroxyl groups is 2. The molecule has 26 heavy (non-hydrogen) atoms. The van der Waals surface area contributed by atoms with E-state index in [0.717, 1.165) is 0 Å². The first-order chi connectivity index (χ1) is 12.2. The van der Waals surface area contributed by atoms with Gasteiger partial charge in [-0.05, 0) is 36.6 Å². The molecule has 1 heterocycles. The molecular formula is C17H21N3O5S. The molecule has 0 saturated heterocycles. The molecule has 0 saturated carbocycles. The van der Waals surface area contributed by atoms with Gasteiger partial charge in [0.25, 0.3) is 5.91 Å². The fourth-order valence-corrected chi connectivity index (χ4v) is 3.35. The predicted octanol–water partition coefficient (Wildman–Crippen LogP) is 2.53. The number of hydrogen-bond acceptors (Lipinski definition) is 6. The number of rotatable bonds is 7. The lowest BCUT2D eigenvalue weighted by Gasteiger charge is -2.10. The van der Waals surface area contributed by atoms with Crippen LogP contribution in [0.5, 0.6) is 11.5 Å². The van der Waals surface area contributed by atoms with Gasteiger partial charge in [-0.25, -0.2) is 13.4 Å². The van der Waals surface area contributed by atoms with Gasteiger partial charge in [0.1, 0.15) is 5.82 Å². The Bertz CT molecular complexity index is 897. The van der Waals surface area contributed by atoms with Gasteiger partial charge in [0, 0.05) is 23.5 Å². The summed E-state index contributed by atoms with van der Waals surface area (Å²) in [7, 11) is -3.55. The van der Waals surface area contributed by atoms with Crippen LogP contribution in [0.3, 0.4) is 0 Å². The van der Waals surface area contributed by atoms with Crippen LogP contribution in [0.1, 0.15) is 30.6 Å². The largest absolute Gasteiger partial charge is 0.504 e. The summed E-state index contributed by atoms with van der Waals surface area (Å²) >= 11 is 0. The molecule has 0 atom stereocenters. The standard InChI is InChI=1S/C17H21N3O5S/c1-11(2)6-8-26(24,25)20-16-9-12(5-7-18-16)17(23)19-13-3-4-14(21)15(22)10-13/h3-5,7,9-11,21-22H,6,8H2,1-2H3,(H,18,20)(H,19,23). The van der Waals surface area contributed by atoms with Gasteiger partial charge in [-0.2, -0.15) is 0 Å². The van der Waals surface area contributed by atoms with Crippen molar-refractivity contribution in [1.29, 1.82) is 0 Å². The predicted molar refractivity (Wildman–Crippen MR) is 98.8 cm³/mol. The molecule has 140 valence electrons. The van der Waals surface area contributed by atoms with Crippen molar-refractivity contribution in [1.82, 2.24) is 4.98 Å². The summed E-state index contributed by atoms with van der Waals surface area (Å²) in [5.41, 5.74) is 0.468. The number of nitrogens with zero attached hydrogens (tertiary/aromatic N) is 1. The van der Waals surface area contributed by atoms with E-state index < -0.39 is 15.9 Å². The molecule has 9 heteroatoms. The topological polar surface area (TPSA) is 129 Å². The molecule has 0 aliphatic heterocycles. The monoisotopic (exact) mass is 379 g/mol. The Hall–Kier alpha value is -2.81. The third-order valence-electron chi connectivity index (χ3n) is 3.48. The zero-order chi connectivity index (χ0) is 19.3. The number of carbonyl (C=O) groups excluding carboxylic acids is 1. The zero-order valence-corrected chi connectivity index (χ0v) is 15.2. The smallest absolute Gasteiger partial charge is 0.255 e. The number of pyridine rings is 1. The van der Waals surface area contributed by atoms with Crippen molar-refractivity contribution in [2.45, 2.75) is 20.3 Å². The molecule has 2 rings (SSSR count). The summed E-state index contributed by atoms with van der Waals surface area (Å²) < 4.78 is 26.4. The van der Waals surface area contributed by atoms with E-state index in [-0.39, 0.29) is 40.2 Å². The Morgan fingerprint density at radius 2 is 1.88 bits per heavy atom. The molecule has 1 aromatic carbocycles. The maximum Gasteiger partial charge on any atom is 0.255 e. The first-order valence-corrected chi connectivity index (χ1v) is 9.61. The van der Waals surface area contributed by atoms with Gasteiger partial charge >= 0.3 is 0 Å². The van der Waals surface area contributed by atoms with E-state index in [0.29, 0.717) is 6.42 Å². The third kappa shape index (κ3) is 5.62. The molecule has 0 spiro atoms. The van der Waals surface area contributed by atoms with Gasteiger partial charge in [0.05, 0.1) is 5.75 Å². The fraction of sp³-hybridized carbons (Fsp3) is 0.294. The van der Waals surface area contributed by atoms with Gasteiger partial charge in [0.2, 0.25) is 10.0 Å². The second-order valence-corrected chi connectivity index (χ2v) is 8.03. The average molecular weight is 379 g/mol. The summed E-state index contributed by atoms with van der Waals surface area (Å²) in [6, 6.07) is 6.61. The minimum absolute atomic E-state index is 0.0322. The van der Waals surface area contributed by atoms with Gasteiger partial charge < -0.3 is 15.5 Å². The number of benzene rings is 1. The van der Waals surface area contributed by atoms with Crippen LogP contribution >= 0.6 is 0 Å². The molecule has 0 aliphatic rings. The van der Waals surface area contributed by atoms with Gasteiger partial charge in [-0.3, -0.25) is 9.52 Å². The number of phenols is 2. The Morgan fingerprint density at radius 3 is 2.54 bits per heavy atom. The van der Waals surface area contributed by atoms with Crippen molar-refractivity contribution in [3.05, 3.63) is 42.1 Å². The van der Waals surface area contributed by atoms with Crippen LogP contribution in [-0.4, -0.2) is 35.3 Å². The van der Waals surface area contributed by atoms with Gasteiger partial charge in [-0.1, -0.05) is 13.8 Å². The molecule has 0 fully saturated rings. The van der Waals surface area contributed by atoms with E-state index in [1.54, 1.807) is 0 Å². The van der Waals surface area contributed by atoms with Crippen LogP contribution in [0.25, 0.3) is 0 Å². The number of sulfonamides is 1. The number of nitrogens with one attached hydrogen (secondary N) is 2. The number of anilines is 2. The van der Waals surface area contributed by atoms with Crippen molar-refractivity contribution < 1.29 is 23.4 Å². The van der Waals surface area contributed by atoms with Crippen LogP contribution in [0.4, 0.5) is 11.5 Å². The van der Waals surface area contributed by atoms with Crippen molar-refractivity contribution in [2.24, 2.45) is 5.92 Å². The van der Waals surface area contributed by atoms with Crippen molar-refractivity contribution in [3.63, 3.8) is 0 Å². The van der Waals surface area contributed by atoms with E-state index in [1.165, 1.54) is 36.5 Å². The maximum absolute atomic E-state index is 12.3. The third-order valence-corrected chi connectivity index (χ3v) is 4.77. The summed E-state index contributed by atoms with van der Waals surface area (Å²) in [5.74, 6) is -0.912. The zero-order valence-electron chi connectivity index (χ0n) is 14.4. The molecule has 1 amide bonds. The highest BCUT2D eigenvalue weighted by Crippen LogP contribution is 2.27. The van der Waals surface area contributed by atoms with Gasteiger partial charge in [0.15, 0.2) is 11.5 Å². The number of amides is 1. The highest BCUT2D eigenvalue weighted by Gasteiger charge is 2.14. The number of carbonyl (C=O) groups is 1. The highest BCUT2D eigenvalue weighted by molar-refractivity contribution is 7.92. The molecule has 0 aliphatic carbocycles. The SMILES string of the molecule is CC(C)CCS(=O)(=O)Nc1cc(C(=O)Nc2ccc(O)c(O)c2)ccn1. The van der Waals surface area contributed by atoms with Crippen LogP contribution in [0.2, 0.25) is 0 Å². The van der Waals surface area contributed by atoms with E-state index in [2.05, 4.69) is 15.0 Å². The second kappa shape index (κ2) is 8.05. The highest BCUT2D eigenvalue weighted by atomic mass is 32.2. The Labute approximate surface area is 152 Å². The number of phenolic OH excluding ortho intramolecular Hbond substituents is 2. The summed E-state index contributed by atoms with van der Waals surface area (Å²) in [6.45, 7) is 3.86. The molecule has 0 bridgehead atoms. The number of aromatic nitrogens is 1. The van der Waals surface area contributed by atoms with E-state index >= 15 is 0 Å². The van der Waals surface area contributed by atoms with E-state index in [1.807, 2.05) is 13.8 Å². The normalized spacial score (nSPS) is 11.3. The second-order valence-electron chi connectivity index (χ2n) is 6.19. The van der Waals surface area contributed by atoms with Crippen molar-refractivity contribution in [2.75, 3.05) is 15.8 Å². The summed E-state index contributed by atoms with van der Waals surface area (Å²) in [4.78, 5) is 16.2. The Kier molecular flexibility index (Phi) is 6.04. The summed E-state index contributed by atoms with van der Waals surface area (Å²) in [6.07, 6.45) is 1.84. The maximum atomic E-state index is 12.3. The molecule has 4 N–H and O–H groups in total. The van der Waals surface area contributed by atoms with Crippen LogP contribution < -0.4 is 10.0 Å². The molecule has 2 aromatic rings. The quantitative estimate of drug-likeness (QED) is 0.432. The lowest BCUT2D eigenvalue weighted by atomic mass is 10.2. The van der Waals surface area contributed by atoms with Crippen LogP contribution in [0, 0.1) is 5.92 Å². The molecule has 8 nitrogen and oxygen atoms in total. The molecule has 1 aromatic heterocycles. The first-order valence-electron chi connectivity index (χ1n) is 7.96. The lowest BCUT2D eigenvalue weighted by Crippen LogP contribution is -2.19. The lowest BCUT2D eigenvalue weighted by molar-refractivity contribution is 0.102. The summed E-state index contributed by atoms with van der Waals surface area (Å²) in [5, 5.41) is 21.3. The average Bonchev–Trinajstić information content (AvgIpc) is 2.56. The molecular weight excluding hydrogens is 358 g/mol. The Balaban J connectivity index is 2.10. The molecule has 0 radical (unpaired) electrons. The first kappa shape index (κ1) is 19.5. The van der Waals surface area contributed by atoms with Crippen LogP contribution in [-0.2, 0) is 10.0 Å². The Morgan fingerprint density at radius 1 is 1.15 bits per heavy atom. The minimum Gasteiger partial charge on any atom is -0.504 e.